The van der Waals surface area contributed by atoms with Crippen molar-refractivity contribution in [2.24, 2.45) is 10.8 Å². The van der Waals surface area contributed by atoms with Gasteiger partial charge in [-0.25, -0.2) is 4.98 Å². The van der Waals surface area contributed by atoms with Gasteiger partial charge in [-0.3, -0.25) is 9.59 Å². The molecule has 2 aromatic carbocycles. The lowest BCUT2D eigenvalue weighted by Crippen LogP contribution is -2.59. The van der Waals surface area contributed by atoms with Gasteiger partial charge in [-0.1, -0.05) is 32.9 Å². The van der Waals surface area contributed by atoms with Gasteiger partial charge in [-0.05, 0) is 42.9 Å². The van der Waals surface area contributed by atoms with Crippen LogP contribution in [0.3, 0.4) is 0 Å². The van der Waals surface area contributed by atoms with Crippen molar-refractivity contribution in [3.05, 3.63) is 52.5 Å². The summed E-state index contributed by atoms with van der Waals surface area (Å²) in [4.78, 5) is 30.6. The van der Waals surface area contributed by atoms with E-state index in [1.54, 1.807) is 11.3 Å². The van der Waals surface area contributed by atoms with Gasteiger partial charge in [-0.2, -0.15) is 0 Å². The lowest BCUT2D eigenvalue weighted by molar-refractivity contribution is -0.143. The Hall–Kier alpha value is -2.73. The van der Waals surface area contributed by atoms with Gasteiger partial charge in [0.25, 0.3) is 0 Å². The van der Waals surface area contributed by atoms with E-state index in [-0.39, 0.29) is 22.2 Å². The number of aromatic nitrogens is 1. The van der Waals surface area contributed by atoms with E-state index in [9.17, 15) is 9.59 Å². The number of hydrogen-bond donors (Lipinski definition) is 1. The second kappa shape index (κ2) is 5.94. The molecular formula is C25H24N2O3S. The summed E-state index contributed by atoms with van der Waals surface area (Å²) in [6.07, 6.45) is 2.49. The van der Waals surface area contributed by atoms with E-state index in [0.29, 0.717) is 35.3 Å². The van der Waals surface area contributed by atoms with Gasteiger partial charge in [-0.15, -0.1) is 11.3 Å². The van der Waals surface area contributed by atoms with Crippen LogP contribution in [-0.2, 0) is 10.2 Å². The van der Waals surface area contributed by atoms with Crippen molar-refractivity contribution in [3.8, 4) is 0 Å². The molecule has 1 N–H and O–H groups in total. The van der Waals surface area contributed by atoms with Crippen molar-refractivity contribution in [2.45, 2.75) is 45.4 Å². The van der Waals surface area contributed by atoms with Gasteiger partial charge >= 0.3 is 0 Å². The second-order valence-electron chi connectivity index (χ2n) is 10.4. The molecule has 2 aromatic heterocycles. The van der Waals surface area contributed by atoms with Gasteiger partial charge in [0, 0.05) is 43.6 Å². The maximum Gasteiger partial charge on any atom is 0.226 e. The van der Waals surface area contributed by atoms with E-state index in [0.717, 1.165) is 27.6 Å². The Morgan fingerprint density at radius 2 is 1.74 bits per heavy atom. The summed E-state index contributed by atoms with van der Waals surface area (Å²) in [6, 6.07) is 11.5. The average Bonchev–Trinajstić information content (AvgIpc) is 3.13. The Morgan fingerprint density at radius 1 is 0.968 bits per heavy atom. The Kier molecular flexibility index (Phi) is 3.64. The highest BCUT2D eigenvalue weighted by atomic mass is 32.1. The molecule has 1 aliphatic carbocycles. The summed E-state index contributed by atoms with van der Waals surface area (Å²) in [5.74, 6) is 0.800. The molecule has 4 aromatic rings. The SMILES string of the molecule is CC12CNC(=O)C(C)(C1)C[C@@](C)(c1nc3cc4c(=O)c5ccccc5sc4cc3o1)C2. The monoisotopic (exact) mass is 432 g/mol. The molecule has 0 spiro atoms. The molecule has 2 fully saturated rings. The Balaban J connectivity index is 1.53. The lowest BCUT2D eigenvalue weighted by atomic mass is 9.52. The van der Waals surface area contributed by atoms with Gasteiger partial charge in [0.15, 0.2) is 11.0 Å². The highest BCUT2D eigenvalue weighted by Gasteiger charge is 2.57. The first-order valence-electron chi connectivity index (χ1n) is 10.7. The van der Waals surface area contributed by atoms with E-state index in [4.69, 9.17) is 9.40 Å². The van der Waals surface area contributed by atoms with Crippen LogP contribution in [-0.4, -0.2) is 17.4 Å². The zero-order valence-electron chi connectivity index (χ0n) is 17.9. The summed E-state index contributed by atoms with van der Waals surface area (Å²) >= 11 is 1.60. The molecule has 1 aliphatic heterocycles. The van der Waals surface area contributed by atoms with Crippen molar-refractivity contribution >= 4 is 48.5 Å². The summed E-state index contributed by atoms with van der Waals surface area (Å²) in [5, 5.41) is 4.52. The predicted octanol–water partition coefficient (Wildman–Crippen LogP) is 5.14. The summed E-state index contributed by atoms with van der Waals surface area (Å²) in [5.41, 5.74) is 0.699. The number of nitrogens with one attached hydrogen (secondary N) is 1. The van der Waals surface area contributed by atoms with Crippen LogP contribution in [0.2, 0.25) is 0 Å². The number of piperidine rings is 1. The van der Waals surface area contributed by atoms with E-state index in [1.807, 2.05) is 36.4 Å². The molecule has 158 valence electrons. The standard InChI is InChI=1S/C25H24N2O3S/c1-23-10-24(2,21(29)26-13-23)12-25(3,11-23)22-27-16-8-15-19(9-17(16)30-22)31-18-7-5-4-6-14(18)20(15)28/h4-9H,10-13H2,1-3H3,(H,26,29)/t23?,24?,25-/m0/s1. The number of carbonyl (C=O) groups excluding carboxylic acids is 1. The normalized spacial score (nSPS) is 30.7. The summed E-state index contributed by atoms with van der Waals surface area (Å²) in [6.45, 7) is 7.16. The van der Waals surface area contributed by atoms with E-state index < -0.39 is 5.41 Å². The molecular weight excluding hydrogens is 408 g/mol. The third kappa shape index (κ3) is 2.70. The van der Waals surface area contributed by atoms with E-state index in [1.165, 1.54) is 0 Å². The summed E-state index contributed by atoms with van der Waals surface area (Å²) in [7, 11) is 0. The van der Waals surface area contributed by atoms with Crippen LogP contribution in [0.1, 0.15) is 45.9 Å². The number of nitrogens with zero attached hydrogens (tertiary/aromatic N) is 1. The highest BCUT2D eigenvalue weighted by molar-refractivity contribution is 7.24. The zero-order chi connectivity index (χ0) is 21.6. The third-order valence-corrected chi connectivity index (χ3v) is 8.37. The largest absolute Gasteiger partial charge is 0.440 e. The Morgan fingerprint density at radius 3 is 2.58 bits per heavy atom. The fraction of sp³-hybridized carbons (Fsp3) is 0.400. The molecule has 2 bridgehead atoms. The number of oxazole rings is 1. The molecule has 31 heavy (non-hydrogen) atoms. The Bertz CT molecular complexity index is 1470. The smallest absolute Gasteiger partial charge is 0.226 e. The summed E-state index contributed by atoms with van der Waals surface area (Å²) < 4.78 is 8.20. The minimum absolute atomic E-state index is 0.0169. The molecule has 1 amide bonds. The lowest BCUT2D eigenvalue weighted by Gasteiger charge is -2.54. The van der Waals surface area contributed by atoms with E-state index >= 15 is 0 Å². The van der Waals surface area contributed by atoms with Crippen LogP contribution in [0.25, 0.3) is 31.3 Å². The van der Waals surface area contributed by atoms with Crippen LogP contribution in [0, 0.1) is 10.8 Å². The molecule has 5 nitrogen and oxygen atoms in total. The van der Waals surface area contributed by atoms with Crippen LogP contribution < -0.4 is 10.7 Å². The number of amides is 1. The minimum atomic E-state index is -0.423. The topological polar surface area (TPSA) is 72.2 Å². The predicted molar refractivity (Wildman–Crippen MR) is 124 cm³/mol. The number of carbonyl (C=O) groups is 1. The fourth-order valence-electron chi connectivity index (χ4n) is 6.36. The molecule has 2 aliphatic rings. The first-order chi connectivity index (χ1) is 14.7. The highest BCUT2D eigenvalue weighted by Crippen LogP contribution is 2.57. The molecule has 3 atom stereocenters. The molecule has 2 unspecified atom stereocenters. The molecule has 6 rings (SSSR count). The first-order valence-corrected chi connectivity index (χ1v) is 11.5. The fourth-order valence-corrected chi connectivity index (χ4v) is 7.44. The van der Waals surface area contributed by atoms with Crippen LogP contribution in [0.4, 0.5) is 0 Å². The van der Waals surface area contributed by atoms with Crippen molar-refractivity contribution < 1.29 is 9.21 Å². The zero-order valence-corrected chi connectivity index (χ0v) is 18.7. The van der Waals surface area contributed by atoms with Crippen molar-refractivity contribution in [1.29, 1.82) is 0 Å². The number of benzene rings is 2. The average molecular weight is 433 g/mol. The van der Waals surface area contributed by atoms with Gasteiger partial charge in [0.2, 0.25) is 11.8 Å². The third-order valence-electron chi connectivity index (χ3n) is 7.24. The molecule has 1 saturated heterocycles. The van der Waals surface area contributed by atoms with Gasteiger partial charge in [0.05, 0.1) is 0 Å². The second-order valence-corrected chi connectivity index (χ2v) is 11.5. The minimum Gasteiger partial charge on any atom is -0.440 e. The Labute approximate surface area is 183 Å². The maximum absolute atomic E-state index is 13.1. The van der Waals surface area contributed by atoms with Crippen LogP contribution in [0.15, 0.2) is 45.6 Å². The molecule has 3 heterocycles. The van der Waals surface area contributed by atoms with Crippen molar-refractivity contribution in [3.63, 3.8) is 0 Å². The number of rotatable bonds is 1. The number of hydrogen-bond acceptors (Lipinski definition) is 5. The van der Waals surface area contributed by atoms with Crippen molar-refractivity contribution in [1.82, 2.24) is 10.3 Å². The van der Waals surface area contributed by atoms with Crippen LogP contribution in [0.5, 0.6) is 0 Å². The molecule has 6 heteroatoms. The van der Waals surface area contributed by atoms with Crippen molar-refractivity contribution in [2.75, 3.05) is 6.54 Å². The van der Waals surface area contributed by atoms with E-state index in [2.05, 4.69) is 26.1 Å². The molecule has 0 radical (unpaired) electrons. The van der Waals surface area contributed by atoms with Gasteiger partial charge in [0.1, 0.15) is 5.52 Å². The van der Waals surface area contributed by atoms with Crippen LogP contribution >= 0.6 is 11.3 Å². The first kappa shape index (κ1) is 19.0. The van der Waals surface area contributed by atoms with Gasteiger partial charge < -0.3 is 9.73 Å². The number of fused-ring (bicyclic) bond motifs is 5. The molecule has 1 saturated carbocycles. The quantitative estimate of drug-likeness (QED) is 0.423. The maximum atomic E-state index is 13.1.